The van der Waals surface area contributed by atoms with E-state index in [1.54, 1.807) is 0 Å². The molecule has 6 aliphatic rings. The van der Waals surface area contributed by atoms with E-state index in [1.165, 1.54) is 141 Å². The van der Waals surface area contributed by atoms with E-state index in [4.69, 9.17) is 0 Å². The lowest BCUT2D eigenvalue weighted by Crippen LogP contribution is -2.62. The summed E-state index contributed by atoms with van der Waals surface area (Å²) >= 11 is 0. The van der Waals surface area contributed by atoms with E-state index in [0.29, 0.717) is 0 Å². The van der Waals surface area contributed by atoms with E-state index in [9.17, 15) is 0 Å². The first-order chi connectivity index (χ1) is 39.0. The molecule has 2 atom stereocenters. The van der Waals surface area contributed by atoms with Gasteiger partial charge in [0.25, 0.3) is 6.71 Å². The fraction of sp³-hybridized carbons (Fsp3) is 0.392. The van der Waals surface area contributed by atoms with Crippen LogP contribution in [0.15, 0.2) is 152 Å². The van der Waals surface area contributed by atoms with E-state index in [0.717, 1.165) is 25.7 Å². The predicted molar refractivity (Wildman–Crippen MR) is 358 cm³/mol. The number of fused-ring (bicyclic) bond motifs is 9. The van der Waals surface area contributed by atoms with Gasteiger partial charge in [-0.2, -0.15) is 0 Å². The summed E-state index contributed by atoms with van der Waals surface area (Å²) in [6, 6.07) is 60.9. The minimum absolute atomic E-state index is 0.000274. The van der Waals surface area contributed by atoms with Crippen LogP contribution in [0, 0.1) is 6.92 Å². The number of rotatable bonds is 5. The molecule has 422 valence electrons. The summed E-state index contributed by atoms with van der Waals surface area (Å²) in [5.74, 6) is 0. The molecule has 0 aromatic heterocycles. The number of anilines is 8. The molecular weight excluding hydrogens is 1000 g/mol. The molecule has 8 aromatic rings. The maximum atomic E-state index is 2.86. The highest BCUT2D eigenvalue weighted by Crippen LogP contribution is 2.63. The molecule has 1 fully saturated rings. The topological polar surface area (TPSA) is 9.72 Å². The largest absolute Gasteiger partial charge is 0.334 e. The maximum absolute atomic E-state index is 2.86. The monoisotopic (exact) mass is 1090 g/mol. The van der Waals surface area contributed by atoms with Crippen molar-refractivity contribution < 1.29 is 0 Å². The molecule has 0 N–H and O–H groups in total. The molecule has 0 spiro atoms. The minimum Gasteiger partial charge on any atom is -0.334 e. The third kappa shape index (κ3) is 7.88. The fourth-order valence-corrected chi connectivity index (χ4v) is 17.9. The van der Waals surface area contributed by atoms with Crippen LogP contribution >= 0.6 is 0 Å². The van der Waals surface area contributed by atoms with E-state index < -0.39 is 0 Å². The molecule has 0 amide bonds. The van der Waals surface area contributed by atoms with Crippen LogP contribution in [0.3, 0.4) is 0 Å². The fourth-order valence-electron chi connectivity index (χ4n) is 17.9. The Morgan fingerprint density at radius 2 is 0.892 bits per heavy atom. The summed E-state index contributed by atoms with van der Waals surface area (Å²) < 4.78 is 0. The van der Waals surface area contributed by atoms with Crippen LogP contribution in [0.4, 0.5) is 45.5 Å². The Morgan fingerprint density at radius 1 is 0.398 bits per heavy atom. The van der Waals surface area contributed by atoms with E-state index in [1.807, 2.05) is 0 Å². The zero-order chi connectivity index (χ0) is 58.5. The lowest BCUT2D eigenvalue weighted by Gasteiger charge is -2.51. The van der Waals surface area contributed by atoms with Gasteiger partial charge in [-0.25, -0.2) is 0 Å². The second-order valence-corrected chi connectivity index (χ2v) is 31.6. The molecular formula is C79H88BN3. The van der Waals surface area contributed by atoms with Crippen molar-refractivity contribution in [1.82, 2.24) is 0 Å². The Bertz CT molecular complexity index is 4010. The van der Waals surface area contributed by atoms with Gasteiger partial charge in [0, 0.05) is 50.8 Å². The molecule has 14 rings (SSSR count). The molecule has 2 unspecified atom stereocenters. The number of hydrogen-bond acceptors (Lipinski definition) is 3. The highest BCUT2D eigenvalue weighted by molar-refractivity contribution is 7.00. The molecule has 0 bridgehead atoms. The van der Waals surface area contributed by atoms with Gasteiger partial charge < -0.3 is 14.7 Å². The van der Waals surface area contributed by atoms with Gasteiger partial charge in [-0.3, -0.25) is 0 Å². The van der Waals surface area contributed by atoms with Crippen LogP contribution < -0.4 is 31.1 Å². The third-order valence-corrected chi connectivity index (χ3v) is 22.0. The molecule has 3 aliphatic heterocycles. The van der Waals surface area contributed by atoms with Crippen molar-refractivity contribution in [2.75, 3.05) is 14.7 Å². The third-order valence-electron chi connectivity index (χ3n) is 22.0. The first-order valence-electron chi connectivity index (χ1n) is 31.5. The van der Waals surface area contributed by atoms with Gasteiger partial charge in [0.1, 0.15) is 0 Å². The van der Waals surface area contributed by atoms with Gasteiger partial charge in [-0.1, -0.05) is 214 Å². The van der Waals surface area contributed by atoms with Crippen LogP contribution in [-0.4, -0.2) is 12.3 Å². The molecule has 8 aromatic carbocycles. The molecule has 0 radical (unpaired) electrons. The molecule has 0 saturated heterocycles. The van der Waals surface area contributed by atoms with Crippen LogP contribution in [0.2, 0.25) is 0 Å². The maximum Gasteiger partial charge on any atom is 0.252 e. The lowest BCUT2D eigenvalue weighted by molar-refractivity contribution is 0.195. The predicted octanol–water partition coefficient (Wildman–Crippen LogP) is 19.7. The van der Waals surface area contributed by atoms with Gasteiger partial charge in [0.15, 0.2) is 0 Å². The zero-order valence-electron chi connectivity index (χ0n) is 53.1. The van der Waals surface area contributed by atoms with Gasteiger partial charge in [-0.05, 0) is 204 Å². The highest BCUT2D eigenvalue weighted by Gasteiger charge is 2.59. The molecule has 3 aliphatic carbocycles. The lowest BCUT2D eigenvalue weighted by atomic mass is 9.33. The van der Waals surface area contributed by atoms with Gasteiger partial charge in [0.2, 0.25) is 0 Å². The van der Waals surface area contributed by atoms with Crippen molar-refractivity contribution >= 4 is 68.6 Å². The van der Waals surface area contributed by atoms with Gasteiger partial charge in [0.05, 0.1) is 11.2 Å². The van der Waals surface area contributed by atoms with Crippen LogP contribution in [-0.2, 0) is 37.9 Å². The number of nitrogens with zero attached hydrogens (tertiary/aromatic N) is 3. The van der Waals surface area contributed by atoms with Crippen LogP contribution in [0.1, 0.15) is 194 Å². The average molecular weight is 1090 g/mol. The summed E-state index contributed by atoms with van der Waals surface area (Å²) in [4.78, 5) is 8.41. The van der Waals surface area contributed by atoms with E-state index in [-0.39, 0.29) is 50.2 Å². The summed E-state index contributed by atoms with van der Waals surface area (Å²) in [5.41, 5.74) is 30.7. The normalized spacial score (nSPS) is 21.9. The smallest absolute Gasteiger partial charge is 0.252 e. The number of hydrogen-bond donors (Lipinski definition) is 0. The number of aryl methyl sites for hydroxylation is 1. The average Bonchev–Trinajstić information content (AvgIpc) is 1.92. The van der Waals surface area contributed by atoms with E-state index >= 15 is 0 Å². The van der Waals surface area contributed by atoms with Gasteiger partial charge in [-0.15, -0.1) is 0 Å². The Balaban J connectivity index is 1.15. The molecule has 3 nitrogen and oxygen atoms in total. The zero-order valence-corrected chi connectivity index (χ0v) is 53.1. The Hall–Kier alpha value is -6.78. The van der Waals surface area contributed by atoms with Crippen molar-refractivity contribution in [3.63, 3.8) is 0 Å². The standard InChI is InChI=1S/C79H88BN3/c1-49-38-57-59(76(12,13)47-74(57,8)9)45-67(49)82-66-35-32-54(73(5,6)7)41-62(66)80-63-44-58-60(77(14,15)48-75(58,10)11)46-68(63)81(64-34-31-53(72(2,3)4)40-56(64)51-28-22-19-23-29-51)69-42-55(43-70(82)71(69)80)83-65-33-30-52(50-26-20-18-21-27-50)39-61(65)78(16)36-24-25-37-79(78,83)17/h18-23,26-35,38-46H,24-25,36-37,47-48H2,1-17H3. The summed E-state index contributed by atoms with van der Waals surface area (Å²) in [6.07, 6.45) is 6.92. The van der Waals surface area contributed by atoms with Crippen LogP contribution in [0.25, 0.3) is 22.3 Å². The summed E-state index contributed by atoms with van der Waals surface area (Å²) in [7, 11) is 0. The summed E-state index contributed by atoms with van der Waals surface area (Å²) in [5, 5.41) is 0. The molecule has 1 saturated carbocycles. The molecule has 3 heterocycles. The Morgan fingerprint density at radius 3 is 1.49 bits per heavy atom. The van der Waals surface area contributed by atoms with Crippen molar-refractivity contribution in [1.29, 1.82) is 0 Å². The van der Waals surface area contributed by atoms with Crippen molar-refractivity contribution in [2.45, 2.75) is 200 Å². The first kappa shape index (κ1) is 54.2. The Labute approximate surface area is 498 Å². The van der Waals surface area contributed by atoms with Gasteiger partial charge >= 0.3 is 0 Å². The first-order valence-corrected chi connectivity index (χ1v) is 31.5. The second kappa shape index (κ2) is 17.7. The van der Waals surface area contributed by atoms with Crippen molar-refractivity contribution in [2.24, 2.45) is 0 Å². The van der Waals surface area contributed by atoms with E-state index in [2.05, 4.69) is 284 Å². The quantitative estimate of drug-likeness (QED) is 0.159. The SMILES string of the molecule is Cc1cc2c(cc1N1c3ccc(C(C)(C)C)cc3B3c4cc5c(cc4N(c4ccc(C(C)(C)C)cc4-c4ccccc4)c4cc(N6c7ccc(-c8ccccc8)cc7C7(C)CCCCC67C)cc1c43)C(C)(C)CC5(C)C)C(C)(C)CC2(C)C. The van der Waals surface area contributed by atoms with Crippen molar-refractivity contribution in [3.05, 3.63) is 196 Å². The van der Waals surface area contributed by atoms with Crippen LogP contribution in [0.5, 0.6) is 0 Å². The summed E-state index contributed by atoms with van der Waals surface area (Å²) in [6.45, 7) is 41.8. The Kier molecular flexibility index (Phi) is 11.5. The second-order valence-electron chi connectivity index (χ2n) is 31.6. The molecule has 4 heteroatoms. The highest BCUT2D eigenvalue weighted by atomic mass is 15.3. The van der Waals surface area contributed by atoms with Crippen molar-refractivity contribution in [3.8, 4) is 22.3 Å². The number of benzene rings is 8. The minimum atomic E-state index is -0.196. The molecule has 83 heavy (non-hydrogen) atoms.